The first kappa shape index (κ1) is 22.9. The minimum atomic E-state index is -0.703. The lowest BCUT2D eigenvalue weighted by molar-refractivity contribution is -0.134. The van der Waals surface area contributed by atoms with Gasteiger partial charge < -0.3 is 20.4 Å². The molecule has 0 radical (unpaired) electrons. The average molecular weight is 450 g/mol. The van der Waals surface area contributed by atoms with E-state index in [2.05, 4.69) is 15.5 Å². The van der Waals surface area contributed by atoms with Crippen molar-refractivity contribution < 1.29 is 14.0 Å². The molecule has 0 spiro atoms. The fourth-order valence-corrected chi connectivity index (χ4v) is 4.15. The fourth-order valence-electron chi connectivity index (χ4n) is 4.15. The molecule has 1 heterocycles. The molecule has 7 nitrogen and oxygen atoms in total. The largest absolute Gasteiger partial charge is 0.339 e. The van der Waals surface area contributed by atoms with E-state index in [4.69, 9.17) is 5.26 Å². The van der Waals surface area contributed by atoms with E-state index < -0.39 is 6.04 Å². The van der Waals surface area contributed by atoms with Gasteiger partial charge in [-0.05, 0) is 55.4 Å². The third-order valence-corrected chi connectivity index (χ3v) is 6.37. The van der Waals surface area contributed by atoms with Crippen LogP contribution in [0.1, 0.15) is 33.8 Å². The quantitative estimate of drug-likeness (QED) is 0.672. The highest BCUT2D eigenvalue weighted by Crippen LogP contribution is 2.40. The van der Waals surface area contributed by atoms with Crippen molar-refractivity contribution in [3.8, 4) is 6.07 Å². The van der Waals surface area contributed by atoms with Crippen molar-refractivity contribution in [2.45, 2.75) is 24.4 Å². The smallest absolute Gasteiger partial charge is 0.251 e. The van der Waals surface area contributed by atoms with Crippen LogP contribution in [-0.4, -0.2) is 73.5 Å². The molecule has 8 heteroatoms. The zero-order valence-electron chi connectivity index (χ0n) is 18.6. The van der Waals surface area contributed by atoms with Crippen LogP contribution in [0.2, 0.25) is 0 Å². The van der Waals surface area contributed by atoms with Gasteiger partial charge in [0, 0.05) is 50.2 Å². The monoisotopic (exact) mass is 449 g/mol. The summed E-state index contributed by atoms with van der Waals surface area (Å²) in [6, 6.07) is 14.4. The van der Waals surface area contributed by atoms with Crippen LogP contribution in [0.25, 0.3) is 0 Å². The summed E-state index contributed by atoms with van der Waals surface area (Å²) >= 11 is 0. The van der Waals surface area contributed by atoms with Crippen LogP contribution in [0.5, 0.6) is 0 Å². The third kappa shape index (κ3) is 5.75. The van der Waals surface area contributed by atoms with Crippen LogP contribution >= 0.6 is 0 Å². The maximum absolute atomic E-state index is 13.3. The maximum Gasteiger partial charge on any atom is 0.251 e. The SMILES string of the molecule is CN1CCN(C(=O)C(CN[C@@H]2C[C@H]2c2ccc(F)cc2)NC(=O)c2ccc(C#N)cc2)CC1. The number of nitriles is 1. The van der Waals surface area contributed by atoms with Crippen molar-refractivity contribution in [3.63, 3.8) is 0 Å². The Morgan fingerprint density at radius 2 is 1.76 bits per heavy atom. The molecule has 33 heavy (non-hydrogen) atoms. The van der Waals surface area contributed by atoms with Gasteiger partial charge in [-0.2, -0.15) is 5.26 Å². The number of nitrogens with one attached hydrogen (secondary N) is 2. The number of amides is 2. The van der Waals surface area contributed by atoms with E-state index in [0.717, 1.165) is 25.1 Å². The molecule has 1 unspecified atom stereocenters. The number of hydrogen-bond acceptors (Lipinski definition) is 5. The highest BCUT2D eigenvalue weighted by Gasteiger charge is 2.39. The van der Waals surface area contributed by atoms with Crippen molar-refractivity contribution in [3.05, 3.63) is 71.0 Å². The fraction of sp³-hybridized carbons (Fsp3) is 0.400. The average Bonchev–Trinajstić information content (AvgIpc) is 3.62. The molecule has 4 rings (SSSR count). The molecule has 0 aromatic heterocycles. The van der Waals surface area contributed by atoms with Crippen LogP contribution in [0, 0.1) is 17.1 Å². The molecule has 0 bridgehead atoms. The molecule has 1 saturated carbocycles. The van der Waals surface area contributed by atoms with Gasteiger partial charge in [0.25, 0.3) is 5.91 Å². The number of piperazine rings is 1. The van der Waals surface area contributed by atoms with Gasteiger partial charge in [-0.3, -0.25) is 9.59 Å². The van der Waals surface area contributed by atoms with Gasteiger partial charge in [0.1, 0.15) is 11.9 Å². The van der Waals surface area contributed by atoms with Crippen LogP contribution in [0.15, 0.2) is 48.5 Å². The van der Waals surface area contributed by atoms with Gasteiger partial charge in [-0.15, -0.1) is 0 Å². The number of likely N-dealkylation sites (N-methyl/N-ethyl adjacent to an activating group) is 1. The van der Waals surface area contributed by atoms with E-state index >= 15 is 0 Å². The summed E-state index contributed by atoms with van der Waals surface area (Å²) in [6.07, 6.45) is 0.907. The van der Waals surface area contributed by atoms with E-state index in [9.17, 15) is 14.0 Å². The molecular formula is C25H28FN5O2. The highest BCUT2D eigenvalue weighted by atomic mass is 19.1. The standard InChI is InChI=1S/C25H28FN5O2/c1-30-10-12-31(13-11-30)25(33)23(29-24(32)19-4-2-17(15-27)3-5-19)16-28-22-14-21(22)18-6-8-20(26)9-7-18/h2-9,21-23,28H,10-14,16H2,1H3,(H,29,32)/t21-,22+,23?/m0/s1. The predicted octanol–water partition coefficient (Wildman–Crippen LogP) is 1.72. The number of carbonyl (C=O) groups excluding carboxylic acids is 2. The topological polar surface area (TPSA) is 88.5 Å². The van der Waals surface area contributed by atoms with Crippen molar-refractivity contribution in [1.82, 2.24) is 20.4 Å². The Morgan fingerprint density at radius 3 is 2.39 bits per heavy atom. The second-order valence-corrected chi connectivity index (χ2v) is 8.75. The van der Waals surface area contributed by atoms with Crippen molar-refractivity contribution in [1.29, 1.82) is 5.26 Å². The summed E-state index contributed by atoms with van der Waals surface area (Å²) < 4.78 is 13.2. The Kier molecular flexibility index (Phi) is 7.02. The summed E-state index contributed by atoms with van der Waals surface area (Å²) in [5.74, 6) is -0.428. The minimum absolute atomic E-state index is 0.100. The first-order valence-corrected chi connectivity index (χ1v) is 11.2. The van der Waals surface area contributed by atoms with Gasteiger partial charge in [0.15, 0.2) is 0 Å². The Labute approximate surface area is 193 Å². The molecule has 1 aliphatic heterocycles. The van der Waals surface area contributed by atoms with Gasteiger partial charge in [0.2, 0.25) is 5.91 Å². The maximum atomic E-state index is 13.3. The molecular weight excluding hydrogens is 421 g/mol. The summed E-state index contributed by atoms with van der Waals surface area (Å²) in [5, 5.41) is 15.3. The third-order valence-electron chi connectivity index (χ3n) is 6.37. The van der Waals surface area contributed by atoms with Crippen molar-refractivity contribution in [2.24, 2.45) is 0 Å². The molecule has 172 valence electrons. The molecule has 2 fully saturated rings. The minimum Gasteiger partial charge on any atom is -0.339 e. The number of nitrogens with zero attached hydrogens (tertiary/aromatic N) is 3. The van der Waals surface area contributed by atoms with Gasteiger partial charge >= 0.3 is 0 Å². The second-order valence-electron chi connectivity index (χ2n) is 8.75. The first-order valence-electron chi connectivity index (χ1n) is 11.2. The molecule has 3 atom stereocenters. The zero-order valence-corrected chi connectivity index (χ0v) is 18.6. The zero-order chi connectivity index (χ0) is 23.4. The van der Waals surface area contributed by atoms with Crippen molar-refractivity contribution >= 4 is 11.8 Å². The van der Waals surface area contributed by atoms with Crippen molar-refractivity contribution in [2.75, 3.05) is 39.8 Å². The molecule has 1 aliphatic carbocycles. The number of benzene rings is 2. The van der Waals surface area contributed by atoms with E-state index in [-0.39, 0.29) is 29.6 Å². The number of hydrogen-bond donors (Lipinski definition) is 2. The summed E-state index contributed by atoms with van der Waals surface area (Å²) in [6.45, 7) is 3.16. The molecule has 1 saturated heterocycles. The molecule has 2 amide bonds. The molecule has 2 aromatic carbocycles. The predicted molar refractivity (Wildman–Crippen MR) is 122 cm³/mol. The first-order chi connectivity index (χ1) is 15.9. The van der Waals surface area contributed by atoms with Crippen LogP contribution in [-0.2, 0) is 4.79 Å². The Hall–Kier alpha value is -3.28. The van der Waals surface area contributed by atoms with E-state index in [1.165, 1.54) is 12.1 Å². The summed E-state index contributed by atoms with van der Waals surface area (Å²) in [4.78, 5) is 30.1. The van der Waals surface area contributed by atoms with Crippen LogP contribution < -0.4 is 10.6 Å². The summed E-state index contributed by atoms with van der Waals surface area (Å²) in [5.41, 5.74) is 1.94. The van der Waals surface area contributed by atoms with Gasteiger partial charge in [-0.1, -0.05) is 12.1 Å². The Morgan fingerprint density at radius 1 is 1.09 bits per heavy atom. The molecule has 2 N–H and O–H groups in total. The molecule has 2 aromatic rings. The lowest BCUT2D eigenvalue weighted by Crippen LogP contribution is -2.57. The van der Waals surface area contributed by atoms with E-state index in [1.807, 2.05) is 13.1 Å². The lowest BCUT2D eigenvalue weighted by atomic mass is 10.1. The van der Waals surface area contributed by atoms with E-state index in [0.29, 0.717) is 30.8 Å². The number of carbonyl (C=O) groups is 2. The number of rotatable bonds is 7. The molecule has 2 aliphatic rings. The highest BCUT2D eigenvalue weighted by molar-refractivity contribution is 5.97. The normalized spacial score (nSPS) is 21.2. The van der Waals surface area contributed by atoms with Gasteiger partial charge in [-0.25, -0.2) is 4.39 Å². The Bertz CT molecular complexity index is 1030. The van der Waals surface area contributed by atoms with Crippen LogP contribution in [0.4, 0.5) is 4.39 Å². The second kappa shape index (κ2) is 10.1. The van der Waals surface area contributed by atoms with Crippen LogP contribution in [0.3, 0.4) is 0 Å². The summed E-state index contributed by atoms with van der Waals surface area (Å²) in [7, 11) is 2.02. The lowest BCUT2D eigenvalue weighted by Gasteiger charge is -2.35. The Balaban J connectivity index is 1.40. The number of halogens is 1. The van der Waals surface area contributed by atoms with E-state index in [1.54, 1.807) is 41.3 Å². The van der Waals surface area contributed by atoms with Gasteiger partial charge in [0.05, 0.1) is 11.6 Å².